The molecule has 2 atom stereocenters. The Morgan fingerprint density at radius 3 is 2.40 bits per heavy atom. The fourth-order valence-electron chi connectivity index (χ4n) is 2.36. The Hall–Kier alpha value is -2.37. The van der Waals surface area contributed by atoms with Gasteiger partial charge in [-0.25, -0.2) is 9.59 Å². The van der Waals surface area contributed by atoms with Crippen molar-refractivity contribution in [3.8, 4) is 0 Å². The highest BCUT2D eigenvalue weighted by Gasteiger charge is 2.52. The van der Waals surface area contributed by atoms with Gasteiger partial charge in [0.1, 0.15) is 0 Å². The summed E-state index contributed by atoms with van der Waals surface area (Å²) in [7, 11) is 2.58. The Morgan fingerprint density at radius 2 is 1.85 bits per heavy atom. The summed E-state index contributed by atoms with van der Waals surface area (Å²) >= 11 is 0. The second-order valence-electron chi connectivity index (χ2n) is 4.64. The minimum absolute atomic E-state index is 0.159. The van der Waals surface area contributed by atoms with Crippen LogP contribution in [0, 0.1) is 0 Å². The smallest absolute Gasteiger partial charge is 0.354 e. The standard InChI is InChI=1S/C14H16N2O4/c1-14(13(18)20-3)10(9-7-5-4-6-8-9)11(15-16-14)12(17)19-2/h4-8,10,16H,1-3H3/t10-,14+/m0/s1. The molecule has 2 rings (SSSR count). The molecule has 0 fully saturated rings. The number of hydrazone groups is 1. The minimum Gasteiger partial charge on any atom is -0.467 e. The molecule has 0 amide bonds. The molecule has 20 heavy (non-hydrogen) atoms. The zero-order valence-electron chi connectivity index (χ0n) is 11.5. The van der Waals surface area contributed by atoms with Crippen molar-refractivity contribution < 1.29 is 19.1 Å². The van der Waals surface area contributed by atoms with Crippen molar-refractivity contribution in [1.29, 1.82) is 0 Å². The lowest BCUT2D eigenvalue weighted by molar-refractivity contribution is -0.147. The Morgan fingerprint density at radius 1 is 1.20 bits per heavy atom. The summed E-state index contributed by atoms with van der Waals surface area (Å²) in [4.78, 5) is 23.9. The van der Waals surface area contributed by atoms with Crippen molar-refractivity contribution in [2.45, 2.75) is 18.4 Å². The average molecular weight is 276 g/mol. The lowest BCUT2D eigenvalue weighted by Gasteiger charge is -2.28. The Bertz CT molecular complexity index is 556. The first-order valence-corrected chi connectivity index (χ1v) is 6.11. The van der Waals surface area contributed by atoms with E-state index in [-0.39, 0.29) is 5.71 Å². The van der Waals surface area contributed by atoms with E-state index in [0.29, 0.717) is 0 Å². The van der Waals surface area contributed by atoms with Crippen molar-refractivity contribution in [2.75, 3.05) is 14.2 Å². The molecule has 0 bridgehead atoms. The first kappa shape index (κ1) is 14.0. The summed E-state index contributed by atoms with van der Waals surface area (Å²) < 4.78 is 9.55. The molecule has 1 N–H and O–H groups in total. The van der Waals surface area contributed by atoms with Gasteiger partial charge in [-0.2, -0.15) is 5.10 Å². The van der Waals surface area contributed by atoms with Gasteiger partial charge in [-0.15, -0.1) is 0 Å². The molecule has 1 heterocycles. The van der Waals surface area contributed by atoms with E-state index in [1.807, 2.05) is 30.3 Å². The van der Waals surface area contributed by atoms with Gasteiger partial charge in [0, 0.05) is 0 Å². The minimum atomic E-state index is -1.14. The molecule has 6 heteroatoms. The van der Waals surface area contributed by atoms with Crippen LogP contribution in [0.2, 0.25) is 0 Å². The first-order chi connectivity index (χ1) is 9.54. The monoisotopic (exact) mass is 276 g/mol. The van der Waals surface area contributed by atoms with E-state index < -0.39 is 23.4 Å². The van der Waals surface area contributed by atoms with Crippen molar-refractivity contribution in [1.82, 2.24) is 5.43 Å². The highest BCUT2D eigenvalue weighted by atomic mass is 16.5. The van der Waals surface area contributed by atoms with Crippen molar-refractivity contribution in [3.63, 3.8) is 0 Å². The first-order valence-electron chi connectivity index (χ1n) is 6.11. The largest absolute Gasteiger partial charge is 0.467 e. The summed E-state index contributed by atoms with van der Waals surface area (Å²) in [5, 5.41) is 3.98. The van der Waals surface area contributed by atoms with Crippen LogP contribution >= 0.6 is 0 Å². The molecule has 0 saturated heterocycles. The van der Waals surface area contributed by atoms with E-state index in [1.165, 1.54) is 14.2 Å². The maximum Gasteiger partial charge on any atom is 0.354 e. The number of carbonyl (C=O) groups excluding carboxylic acids is 2. The van der Waals surface area contributed by atoms with Crippen LogP contribution in [-0.4, -0.2) is 37.4 Å². The predicted molar refractivity (Wildman–Crippen MR) is 72.2 cm³/mol. The molecule has 0 unspecified atom stereocenters. The number of hydrogen-bond acceptors (Lipinski definition) is 6. The number of carbonyl (C=O) groups is 2. The molecular formula is C14H16N2O4. The van der Waals surface area contributed by atoms with Gasteiger partial charge >= 0.3 is 11.9 Å². The zero-order chi connectivity index (χ0) is 14.8. The molecule has 106 valence electrons. The molecule has 1 aromatic rings. The number of esters is 2. The summed E-state index contributed by atoms with van der Waals surface area (Å²) in [6.07, 6.45) is 0. The average Bonchev–Trinajstić information content (AvgIpc) is 2.85. The number of nitrogens with zero attached hydrogens (tertiary/aromatic N) is 1. The van der Waals surface area contributed by atoms with Crippen LogP contribution in [0.3, 0.4) is 0 Å². The molecule has 1 aliphatic heterocycles. The van der Waals surface area contributed by atoms with Gasteiger partial charge in [0.2, 0.25) is 0 Å². The molecule has 6 nitrogen and oxygen atoms in total. The van der Waals surface area contributed by atoms with Crippen molar-refractivity contribution in [3.05, 3.63) is 35.9 Å². The SMILES string of the molecule is COC(=O)C1=NN[C@@](C)(C(=O)OC)[C@H]1c1ccccc1. The lowest BCUT2D eigenvalue weighted by atomic mass is 9.79. The lowest BCUT2D eigenvalue weighted by Crippen LogP contribution is -2.50. The van der Waals surface area contributed by atoms with Crippen LogP contribution in [0.5, 0.6) is 0 Å². The molecular weight excluding hydrogens is 260 g/mol. The Labute approximate surface area is 116 Å². The second kappa shape index (κ2) is 5.32. The van der Waals surface area contributed by atoms with Crippen molar-refractivity contribution >= 4 is 17.7 Å². The molecule has 1 aliphatic rings. The van der Waals surface area contributed by atoms with E-state index in [1.54, 1.807) is 6.92 Å². The number of hydrogen-bond donors (Lipinski definition) is 1. The number of methoxy groups -OCH3 is 2. The quantitative estimate of drug-likeness (QED) is 0.828. The number of ether oxygens (including phenoxy) is 2. The van der Waals surface area contributed by atoms with Gasteiger partial charge in [0.15, 0.2) is 11.3 Å². The molecule has 0 saturated carbocycles. The van der Waals surface area contributed by atoms with E-state index in [2.05, 4.69) is 10.5 Å². The highest BCUT2D eigenvalue weighted by molar-refractivity contribution is 6.40. The van der Waals surface area contributed by atoms with Crippen molar-refractivity contribution in [2.24, 2.45) is 5.10 Å². The van der Waals surface area contributed by atoms with Gasteiger partial charge in [-0.3, -0.25) is 5.43 Å². The van der Waals surface area contributed by atoms with Crippen LogP contribution in [-0.2, 0) is 19.1 Å². The third-order valence-corrected chi connectivity index (χ3v) is 3.40. The van der Waals surface area contributed by atoms with Crippen LogP contribution in [0.15, 0.2) is 35.4 Å². The third kappa shape index (κ3) is 2.13. The maximum absolute atomic E-state index is 12.1. The number of benzene rings is 1. The van der Waals surface area contributed by atoms with E-state index in [0.717, 1.165) is 5.56 Å². The molecule has 0 radical (unpaired) electrons. The molecule has 1 aromatic carbocycles. The number of nitrogens with one attached hydrogen (secondary N) is 1. The molecule has 0 aliphatic carbocycles. The van der Waals surface area contributed by atoms with E-state index >= 15 is 0 Å². The van der Waals surface area contributed by atoms with Crippen LogP contribution < -0.4 is 5.43 Å². The fourth-order valence-corrected chi connectivity index (χ4v) is 2.36. The second-order valence-corrected chi connectivity index (χ2v) is 4.64. The van der Waals surface area contributed by atoms with E-state index in [9.17, 15) is 9.59 Å². The Balaban J connectivity index is 2.49. The molecule has 0 spiro atoms. The van der Waals surface area contributed by atoms with Gasteiger partial charge in [-0.1, -0.05) is 30.3 Å². The van der Waals surface area contributed by atoms with Gasteiger partial charge in [0.05, 0.1) is 20.1 Å². The van der Waals surface area contributed by atoms with Gasteiger partial charge < -0.3 is 9.47 Å². The van der Waals surface area contributed by atoms with Crippen LogP contribution in [0.25, 0.3) is 0 Å². The summed E-state index contributed by atoms with van der Waals surface area (Å²) in [6.45, 7) is 1.65. The fraction of sp³-hybridized carbons (Fsp3) is 0.357. The highest BCUT2D eigenvalue weighted by Crippen LogP contribution is 2.35. The zero-order valence-corrected chi connectivity index (χ0v) is 11.5. The molecule has 0 aromatic heterocycles. The van der Waals surface area contributed by atoms with Crippen LogP contribution in [0.1, 0.15) is 18.4 Å². The Kier molecular flexibility index (Phi) is 3.74. The van der Waals surface area contributed by atoms with Gasteiger partial charge in [0.25, 0.3) is 0 Å². The topological polar surface area (TPSA) is 77.0 Å². The summed E-state index contributed by atoms with van der Waals surface area (Å²) in [5.41, 5.74) is 2.52. The summed E-state index contributed by atoms with van der Waals surface area (Å²) in [5.74, 6) is -1.63. The maximum atomic E-state index is 12.1. The van der Waals surface area contributed by atoms with Crippen LogP contribution in [0.4, 0.5) is 0 Å². The van der Waals surface area contributed by atoms with E-state index in [4.69, 9.17) is 9.47 Å². The number of rotatable bonds is 3. The predicted octanol–water partition coefficient (Wildman–Crippen LogP) is 0.834. The van der Waals surface area contributed by atoms with Gasteiger partial charge in [-0.05, 0) is 12.5 Å². The third-order valence-electron chi connectivity index (χ3n) is 3.40. The normalized spacial score (nSPS) is 24.6. The summed E-state index contributed by atoms with van der Waals surface area (Å²) in [6, 6.07) is 9.19.